The first-order valence-electron chi connectivity index (χ1n) is 10.2. The molecule has 32 heavy (non-hydrogen) atoms. The normalized spacial score (nSPS) is 11.4. The van der Waals surface area contributed by atoms with Crippen LogP contribution in [0.4, 0.5) is 5.69 Å². The van der Waals surface area contributed by atoms with Gasteiger partial charge in [-0.15, -0.1) is 0 Å². The molecule has 0 aromatic heterocycles. The van der Waals surface area contributed by atoms with Crippen LogP contribution in [0.25, 0.3) is 10.8 Å². The standard InChI is InChI=1S/C26H22ClNO3S/c1-19-9-15-25(16-10-19)32(30,31)28(23-13-11-22(27)12-14-23)18-24(29)17-21-7-4-6-20-5-2-3-8-26(20)21/h2-16H,17-18H2,1H3. The maximum atomic E-state index is 13.5. The number of sulfonamides is 1. The van der Waals surface area contributed by atoms with Crippen LogP contribution >= 0.6 is 11.6 Å². The predicted molar refractivity (Wildman–Crippen MR) is 130 cm³/mol. The minimum absolute atomic E-state index is 0.134. The fraction of sp³-hybridized carbons (Fsp3) is 0.115. The molecule has 0 amide bonds. The number of Topliss-reactive ketones (excluding diaryl/α,β-unsaturated/α-hetero) is 1. The molecule has 162 valence electrons. The van der Waals surface area contributed by atoms with E-state index in [1.54, 1.807) is 48.5 Å². The van der Waals surface area contributed by atoms with Crippen LogP contribution in [-0.4, -0.2) is 20.7 Å². The summed E-state index contributed by atoms with van der Waals surface area (Å²) in [7, 11) is -3.94. The minimum Gasteiger partial charge on any atom is -0.297 e. The number of nitrogens with zero attached hydrogens (tertiary/aromatic N) is 1. The second-order valence-corrected chi connectivity index (χ2v) is 9.95. The fourth-order valence-electron chi connectivity index (χ4n) is 3.64. The number of hydrogen-bond acceptors (Lipinski definition) is 3. The van der Waals surface area contributed by atoms with E-state index < -0.39 is 10.0 Å². The van der Waals surface area contributed by atoms with Gasteiger partial charge in [0.25, 0.3) is 10.0 Å². The number of carbonyl (C=O) groups excluding carboxylic acids is 1. The maximum absolute atomic E-state index is 13.5. The van der Waals surface area contributed by atoms with Crippen LogP contribution in [0.15, 0.2) is 95.9 Å². The molecule has 0 atom stereocenters. The Morgan fingerprint density at radius 1 is 0.844 bits per heavy atom. The van der Waals surface area contributed by atoms with Gasteiger partial charge in [-0.25, -0.2) is 8.42 Å². The molecule has 0 fully saturated rings. The average Bonchev–Trinajstić information content (AvgIpc) is 2.79. The van der Waals surface area contributed by atoms with Gasteiger partial charge in [-0.05, 0) is 59.7 Å². The molecule has 4 nitrogen and oxygen atoms in total. The zero-order chi connectivity index (χ0) is 22.7. The summed E-state index contributed by atoms with van der Waals surface area (Å²) in [5.74, 6) is -0.202. The molecule has 4 aromatic rings. The van der Waals surface area contributed by atoms with Gasteiger partial charge in [-0.2, -0.15) is 0 Å². The SMILES string of the molecule is Cc1ccc(S(=O)(=O)N(CC(=O)Cc2cccc3ccccc23)c2ccc(Cl)cc2)cc1. The zero-order valence-electron chi connectivity index (χ0n) is 17.5. The van der Waals surface area contributed by atoms with Gasteiger partial charge in [0.1, 0.15) is 0 Å². The molecule has 0 N–H and O–H groups in total. The summed E-state index contributed by atoms with van der Waals surface area (Å²) in [4.78, 5) is 13.2. The molecule has 0 heterocycles. The molecular weight excluding hydrogens is 442 g/mol. The van der Waals surface area contributed by atoms with Crippen molar-refractivity contribution in [3.8, 4) is 0 Å². The molecule has 0 aliphatic heterocycles. The van der Waals surface area contributed by atoms with Crippen molar-refractivity contribution in [1.29, 1.82) is 0 Å². The highest BCUT2D eigenvalue weighted by molar-refractivity contribution is 7.92. The monoisotopic (exact) mass is 463 g/mol. The Morgan fingerprint density at radius 3 is 2.22 bits per heavy atom. The van der Waals surface area contributed by atoms with Gasteiger partial charge in [-0.1, -0.05) is 71.8 Å². The molecule has 4 rings (SSSR count). The molecule has 0 bridgehead atoms. The molecule has 0 radical (unpaired) electrons. The van der Waals surface area contributed by atoms with E-state index in [2.05, 4.69) is 0 Å². The molecule has 4 aromatic carbocycles. The summed E-state index contributed by atoms with van der Waals surface area (Å²) < 4.78 is 28.1. The summed E-state index contributed by atoms with van der Waals surface area (Å²) in [5.41, 5.74) is 2.21. The van der Waals surface area contributed by atoms with Crippen LogP contribution in [-0.2, 0) is 21.2 Å². The van der Waals surface area contributed by atoms with Gasteiger partial charge >= 0.3 is 0 Å². The van der Waals surface area contributed by atoms with Gasteiger partial charge in [0.15, 0.2) is 5.78 Å². The number of ketones is 1. The number of hydrogen-bond donors (Lipinski definition) is 0. The molecule has 0 saturated heterocycles. The quantitative estimate of drug-likeness (QED) is 0.347. The Hall–Kier alpha value is -3.15. The van der Waals surface area contributed by atoms with Crippen molar-refractivity contribution in [3.05, 3.63) is 107 Å². The number of aryl methyl sites for hydroxylation is 1. The van der Waals surface area contributed by atoms with E-state index in [0.29, 0.717) is 10.7 Å². The topological polar surface area (TPSA) is 54.5 Å². The molecule has 6 heteroatoms. The number of halogens is 1. The Morgan fingerprint density at radius 2 is 1.50 bits per heavy atom. The zero-order valence-corrected chi connectivity index (χ0v) is 19.1. The van der Waals surface area contributed by atoms with Crippen molar-refractivity contribution < 1.29 is 13.2 Å². The maximum Gasteiger partial charge on any atom is 0.264 e. The highest BCUT2D eigenvalue weighted by Gasteiger charge is 2.27. The van der Waals surface area contributed by atoms with E-state index >= 15 is 0 Å². The van der Waals surface area contributed by atoms with Gasteiger partial charge < -0.3 is 0 Å². The fourth-order valence-corrected chi connectivity index (χ4v) is 5.21. The van der Waals surface area contributed by atoms with Crippen LogP contribution in [0.1, 0.15) is 11.1 Å². The van der Waals surface area contributed by atoms with E-state index in [4.69, 9.17) is 11.6 Å². The van der Waals surface area contributed by atoms with Crippen LogP contribution < -0.4 is 4.31 Å². The van der Waals surface area contributed by atoms with Crippen molar-refractivity contribution >= 4 is 43.9 Å². The number of anilines is 1. The van der Waals surface area contributed by atoms with Crippen LogP contribution in [0, 0.1) is 6.92 Å². The van der Waals surface area contributed by atoms with Crippen molar-refractivity contribution in [1.82, 2.24) is 0 Å². The molecular formula is C26H22ClNO3S. The third-order valence-corrected chi connectivity index (χ3v) is 7.35. The number of rotatable bonds is 7. The van der Waals surface area contributed by atoms with Gasteiger partial charge in [0, 0.05) is 11.4 Å². The lowest BCUT2D eigenvalue weighted by Crippen LogP contribution is -2.36. The third-order valence-electron chi connectivity index (χ3n) is 5.31. The third kappa shape index (κ3) is 4.69. The van der Waals surface area contributed by atoms with E-state index in [0.717, 1.165) is 26.2 Å². The highest BCUT2D eigenvalue weighted by Crippen LogP contribution is 2.26. The molecule has 0 aliphatic rings. The first-order chi connectivity index (χ1) is 15.3. The van der Waals surface area contributed by atoms with Crippen molar-refractivity contribution in [2.45, 2.75) is 18.2 Å². The number of benzene rings is 4. The Balaban J connectivity index is 1.68. The molecule has 0 unspecified atom stereocenters. The van der Waals surface area contributed by atoms with Crippen molar-refractivity contribution in [2.24, 2.45) is 0 Å². The Bertz CT molecular complexity index is 1360. The summed E-state index contributed by atoms with van der Waals surface area (Å²) in [6, 6.07) is 26.7. The average molecular weight is 464 g/mol. The largest absolute Gasteiger partial charge is 0.297 e. The predicted octanol–water partition coefficient (Wildman–Crippen LogP) is 5.81. The Kier molecular flexibility index (Phi) is 6.31. The van der Waals surface area contributed by atoms with Gasteiger partial charge in [0.05, 0.1) is 17.1 Å². The number of carbonyl (C=O) groups is 1. The van der Waals surface area contributed by atoms with Crippen molar-refractivity contribution in [2.75, 3.05) is 10.8 Å². The lowest BCUT2D eigenvalue weighted by molar-refractivity contribution is -0.117. The second kappa shape index (κ2) is 9.15. The van der Waals surface area contributed by atoms with E-state index in [1.807, 2.05) is 49.4 Å². The highest BCUT2D eigenvalue weighted by atomic mass is 35.5. The summed E-state index contributed by atoms with van der Waals surface area (Å²) in [6.07, 6.45) is 0.134. The summed E-state index contributed by atoms with van der Waals surface area (Å²) in [5, 5.41) is 2.52. The first-order valence-corrected chi connectivity index (χ1v) is 12.0. The Labute approximate surface area is 193 Å². The molecule has 0 saturated carbocycles. The first kappa shape index (κ1) is 22.1. The molecule has 0 spiro atoms. The van der Waals surface area contributed by atoms with Gasteiger partial charge in [-0.3, -0.25) is 9.10 Å². The van der Waals surface area contributed by atoms with Crippen LogP contribution in [0.3, 0.4) is 0 Å². The summed E-state index contributed by atoms with van der Waals surface area (Å²) >= 11 is 6.00. The van der Waals surface area contributed by atoms with Crippen LogP contribution in [0.2, 0.25) is 5.02 Å². The van der Waals surface area contributed by atoms with E-state index in [1.165, 1.54) is 0 Å². The smallest absolute Gasteiger partial charge is 0.264 e. The van der Waals surface area contributed by atoms with Gasteiger partial charge in [0.2, 0.25) is 0 Å². The van der Waals surface area contributed by atoms with Crippen LogP contribution in [0.5, 0.6) is 0 Å². The van der Waals surface area contributed by atoms with Crippen molar-refractivity contribution in [3.63, 3.8) is 0 Å². The minimum atomic E-state index is -3.94. The van der Waals surface area contributed by atoms with E-state index in [-0.39, 0.29) is 23.6 Å². The van der Waals surface area contributed by atoms with E-state index in [9.17, 15) is 13.2 Å². The summed E-state index contributed by atoms with van der Waals surface area (Å²) in [6.45, 7) is 1.61. The second-order valence-electron chi connectivity index (χ2n) is 7.65. The molecule has 0 aliphatic carbocycles. The lowest BCUT2D eigenvalue weighted by atomic mass is 10.0. The number of fused-ring (bicyclic) bond motifs is 1. The lowest BCUT2D eigenvalue weighted by Gasteiger charge is -2.24.